The number of furan rings is 1. The summed E-state index contributed by atoms with van der Waals surface area (Å²) in [7, 11) is 0. The van der Waals surface area contributed by atoms with Gasteiger partial charge in [-0.1, -0.05) is 0 Å². The fourth-order valence-electron chi connectivity index (χ4n) is 2.19. The summed E-state index contributed by atoms with van der Waals surface area (Å²) in [5.41, 5.74) is 3.02. The predicted octanol–water partition coefficient (Wildman–Crippen LogP) is 3.55. The summed E-state index contributed by atoms with van der Waals surface area (Å²) in [6.07, 6.45) is 0.0207. The summed E-state index contributed by atoms with van der Waals surface area (Å²) in [6.45, 7) is 9.87. The first-order valence-corrected chi connectivity index (χ1v) is 6.89. The van der Waals surface area contributed by atoms with Crippen LogP contribution in [0.2, 0.25) is 0 Å². The SMILES string of the molecule is Cc1nc(CC(O)c2c(C)oc(C)c2C)sc1C. The van der Waals surface area contributed by atoms with E-state index in [0.717, 1.165) is 33.3 Å². The first-order valence-electron chi connectivity index (χ1n) is 6.07. The maximum Gasteiger partial charge on any atom is 0.107 e. The average Bonchev–Trinajstić information content (AvgIpc) is 2.69. The Morgan fingerprint density at radius 2 is 1.83 bits per heavy atom. The highest BCUT2D eigenvalue weighted by Crippen LogP contribution is 2.30. The lowest BCUT2D eigenvalue weighted by atomic mass is 10.0. The van der Waals surface area contributed by atoms with Gasteiger partial charge in [-0.25, -0.2) is 4.98 Å². The van der Waals surface area contributed by atoms with Crippen LogP contribution in [0.25, 0.3) is 0 Å². The Bertz CT molecular complexity index is 549. The number of nitrogens with zero attached hydrogens (tertiary/aromatic N) is 1. The summed E-state index contributed by atoms with van der Waals surface area (Å²) in [5, 5.41) is 11.3. The van der Waals surface area contributed by atoms with E-state index in [2.05, 4.69) is 11.9 Å². The molecule has 18 heavy (non-hydrogen) atoms. The molecule has 0 aromatic carbocycles. The molecule has 4 heteroatoms. The lowest BCUT2D eigenvalue weighted by Gasteiger charge is -2.09. The van der Waals surface area contributed by atoms with Crippen molar-refractivity contribution in [3.8, 4) is 0 Å². The van der Waals surface area contributed by atoms with Crippen molar-refractivity contribution in [2.24, 2.45) is 0 Å². The van der Waals surface area contributed by atoms with Gasteiger partial charge in [-0.05, 0) is 40.2 Å². The summed E-state index contributed by atoms with van der Waals surface area (Å²) >= 11 is 1.65. The molecule has 1 unspecified atom stereocenters. The van der Waals surface area contributed by atoms with Crippen molar-refractivity contribution < 1.29 is 9.52 Å². The van der Waals surface area contributed by atoms with Crippen LogP contribution in [0.15, 0.2) is 4.42 Å². The number of aromatic nitrogens is 1. The molecule has 2 aromatic rings. The molecule has 0 aliphatic carbocycles. The molecule has 0 spiro atoms. The molecule has 0 bridgehead atoms. The third kappa shape index (κ3) is 2.35. The van der Waals surface area contributed by atoms with Crippen LogP contribution in [-0.2, 0) is 6.42 Å². The molecule has 2 heterocycles. The second kappa shape index (κ2) is 4.86. The second-order valence-electron chi connectivity index (χ2n) is 4.72. The van der Waals surface area contributed by atoms with Gasteiger partial charge in [0.25, 0.3) is 0 Å². The summed E-state index contributed by atoms with van der Waals surface area (Å²) < 4.78 is 5.56. The van der Waals surface area contributed by atoms with Crippen molar-refractivity contribution in [3.63, 3.8) is 0 Å². The maximum absolute atomic E-state index is 10.4. The van der Waals surface area contributed by atoms with Gasteiger partial charge in [-0.3, -0.25) is 0 Å². The Hall–Kier alpha value is -1.13. The normalized spacial score (nSPS) is 13.0. The molecule has 0 amide bonds. The fraction of sp³-hybridized carbons (Fsp3) is 0.500. The molecule has 0 radical (unpaired) electrons. The number of thiazole rings is 1. The molecule has 0 aliphatic rings. The molecule has 2 rings (SSSR count). The number of rotatable bonds is 3. The molecule has 2 aromatic heterocycles. The van der Waals surface area contributed by atoms with Crippen molar-refractivity contribution in [2.45, 2.75) is 47.1 Å². The summed E-state index contributed by atoms with van der Waals surface area (Å²) in [5.74, 6) is 1.69. The van der Waals surface area contributed by atoms with Crippen LogP contribution in [0.4, 0.5) is 0 Å². The van der Waals surface area contributed by atoms with Gasteiger partial charge in [0.15, 0.2) is 0 Å². The van der Waals surface area contributed by atoms with Crippen molar-refractivity contribution in [1.82, 2.24) is 4.98 Å². The van der Waals surface area contributed by atoms with Crippen molar-refractivity contribution in [1.29, 1.82) is 0 Å². The van der Waals surface area contributed by atoms with Gasteiger partial charge in [0.2, 0.25) is 0 Å². The minimum atomic E-state index is -0.535. The molecule has 98 valence electrons. The molecule has 0 aliphatic heterocycles. The van der Waals surface area contributed by atoms with E-state index in [9.17, 15) is 5.11 Å². The van der Waals surface area contributed by atoms with Gasteiger partial charge < -0.3 is 9.52 Å². The Morgan fingerprint density at radius 1 is 1.17 bits per heavy atom. The van der Waals surface area contributed by atoms with Gasteiger partial charge in [0, 0.05) is 16.9 Å². The molecular formula is C14H19NO2S. The van der Waals surface area contributed by atoms with Crippen LogP contribution >= 0.6 is 11.3 Å². The van der Waals surface area contributed by atoms with Gasteiger partial charge >= 0.3 is 0 Å². The van der Waals surface area contributed by atoms with Crippen LogP contribution in [0.1, 0.15) is 44.3 Å². The molecule has 1 atom stereocenters. The zero-order valence-electron chi connectivity index (χ0n) is 11.5. The van der Waals surface area contributed by atoms with E-state index in [1.165, 1.54) is 4.88 Å². The highest BCUT2D eigenvalue weighted by molar-refractivity contribution is 7.11. The number of aliphatic hydroxyl groups is 1. The van der Waals surface area contributed by atoms with Crippen LogP contribution in [0.5, 0.6) is 0 Å². The van der Waals surface area contributed by atoms with E-state index < -0.39 is 6.10 Å². The Kier molecular flexibility index (Phi) is 3.59. The maximum atomic E-state index is 10.4. The van der Waals surface area contributed by atoms with E-state index >= 15 is 0 Å². The zero-order valence-corrected chi connectivity index (χ0v) is 12.3. The summed E-state index contributed by atoms with van der Waals surface area (Å²) in [4.78, 5) is 5.69. The average molecular weight is 265 g/mol. The van der Waals surface area contributed by atoms with Crippen molar-refractivity contribution >= 4 is 11.3 Å². The van der Waals surface area contributed by atoms with Crippen LogP contribution in [0.3, 0.4) is 0 Å². The minimum Gasteiger partial charge on any atom is -0.466 e. The Labute approximate surface area is 111 Å². The van der Waals surface area contributed by atoms with E-state index in [1.807, 2.05) is 27.7 Å². The first-order chi connectivity index (χ1) is 8.40. The highest BCUT2D eigenvalue weighted by Gasteiger charge is 2.20. The third-order valence-corrected chi connectivity index (χ3v) is 4.49. The largest absolute Gasteiger partial charge is 0.466 e. The van der Waals surface area contributed by atoms with Gasteiger partial charge in [0.1, 0.15) is 11.5 Å². The first kappa shape index (κ1) is 13.3. The molecule has 1 N–H and O–H groups in total. The van der Waals surface area contributed by atoms with Gasteiger partial charge in [-0.2, -0.15) is 0 Å². The molecule has 0 fully saturated rings. The Balaban J connectivity index is 2.24. The second-order valence-corrected chi connectivity index (χ2v) is 6.01. The molecular weight excluding hydrogens is 246 g/mol. The zero-order chi connectivity index (χ0) is 13.4. The van der Waals surface area contributed by atoms with Crippen molar-refractivity contribution in [3.05, 3.63) is 38.2 Å². The lowest BCUT2D eigenvalue weighted by Crippen LogP contribution is -2.03. The van der Waals surface area contributed by atoms with E-state index in [0.29, 0.717) is 6.42 Å². The van der Waals surface area contributed by atoms with E-state index in [4.69, 9.17) is 4.42 Å². The van der Waals surface area contributed by atoms with Gasteiger partial charge in [-0.15, -0.1) is 11.3 Å². The minimum absolute atomic E-state index is 0.535. The molecule has 0 saturated carbocycles. The van der Waals surface area contributed by atoms with Crippen LogP contribution < -0.4 is 0 Å². The van der Waals surface area contributed by atoms with Crippen LogP contribution in [-0.4, -0.2) is 10.1 Å². The number of hydrogen-bond acceptors (Lipinski definition) is 4. The quantitative estimate of drug-likeness (QED) is 0.923. The molecule has 0 saturated heterocycles. The number of aliphatic hydroxyl groups excluding tert-OH is 1. The smallest absolute Gasteiger partial charge is 0.107 e. The van der Waals surface area contributed by atoms with E-state index in [1.54, 1.807) is 11.3 Å². The Morgan fingerprint density at radius 3 is 2.28 bits per heavy atom. The van der Waals surface area contributed by atoms with Crippen molar-refractivity contribution in [2.75, 3.05) is 0 Å². The lowest BCUT2D eigenvalue weighted by molar-refractivity contribution is 0.175. The summed E-state index contributed by atoms with van der Waals surface area (Å²) in [6, 6.07) is 0. The van der Waals surface area contributed by atoms with Gasteiger partial charge in [0.05, 0.1) is 16.8 Å². The number of hydrogen-bond donors (Lipinski definition) is 1. The highest BCUT2D eigenvalue weighted by atomic mass is 32.1. The topological polar surface area (TPSA) is 46.3 Å². The van der Waals surface area contributed by atoms with Crippen LogP contribution in [0, 0.1) is 34.6 Å². The monoisotopic (exact) mass is 265 g/mol. The fourth-order valence-corrected chi connectivity index (χ4v) is 3.16. The number of aryl methyl sites for hydroxylation is 4. The standard InChI is InChI=1S/C14H19NO2S/c1-7-9(3)17-10(4)14(7)12(16)6-13-15-8(2)11(5)18-13/h12,16H,6H2,1-5H3. The predicted molar refractivity (Wildman–Crippen MR) is 73.2 cm³/mol. The third-order valence-electron chi connectivity index (χ3n) is 3.39. The van der Waals surface area contributed by atoms with E-state index in [-0.39, 0.29) is 0 Å². The molecule has 3 nitrogen and oxygen atoms in total.